The van der Waals surface area contributed by atoms with Crippen molar-refractivity contribution in [1.82, 2.24) is 4.90 Å². The third-order valence-electron chi connectivity index (χ3n) is 6.32. The second-order valence-electron chi connectivity index (χ2n) is 8.12. The lowest BCUT2D eigenvalue weighted by atomic mass is 9.86. The topological polar surface area (TPSA) is 21.7 Å². The second kappa shape index (κ2) is 7.51. The van der Waals surface area contributed by atoms with Crippen molar-refractivity contribution in [3.63, 3.8) is 0 Å². The van der Waals surface area contributed by atoms with Crippen LogP contribution in [-0.4, -0.2) is 25.7 Å². The summed E-state index contributed by atoms with van der Waals surface area (Å²) in [5.74, 6) is 1.97. The maximum Gasteiger partial charge on any atom is 0.123 e. The number of methoxy groups -OCH3 is 2. The van der Waals surface area contributed by atoms with E-state index in [9.17, 15) is 0 Å². The van der Waals surface area contributed by atoms with Gasteiger partial charge in [0.25, 0.3) is 0 Å². The molecule has 2 aromatic carbocycles. The van der Waals surface area contributed by atoms with Gasteiger partial charge in [-0.1, -0.05) is 29.8 Å². The normalized spacial score (nSPS) is 18.0. The van der Waals surface area contributed by atoms with Crippen LogP contribution in [0.1, 0.15) is 43.6 Å². The molecule has 5 rings (SSSR count). The molecule has 0 aliphatic carbocycles. The zero-order chi connectivity index (χ0) is 20.0. The predicted octanol–water partition coefficient (Wildman–Crippen LogP) is 5.32. The Hall–Kier alpha value is -2.30. The summed E-state index contributed by atoms with van der Waals surface area (Å²) in [4.78, 5) is 5.67. The molecule has 2 aliphatic heterocycles. The first kappa shape index (κ1) is 18.7. The summed E-state index contributed by atoms with van der Waals surface area (Å²) in [5.41, 5.74) is 6.87. The van der Waals surface area contributed by atoms with Crippen molar-refractivity contribution >= 4 is 11.3 Å². The van der Waals surface area contributed by atoms with E-state index in [0.717, 1.165) is 43.9 Å². The molecule has 0 saturated heterocycles. The van der Waals surface area contributed by atoms with E-state index in [2.05, 4.69) is 42.2 Å². The van der Waals surface area contributed by atoms with Crippen molar-refractivity contribution in [2.45, 2.75) is 38.8 Å². The fraction of sp³-hybridized carbons (Fsp3) is 0.360. The molecule has 3 heterocycles. The quantitative estimate of drug-likeness (QED) is 0.586. The minimum Gasteiger partial charge on any atom is -0.496 e. The number of benzene rings is 2. The number of rotatable bonds is 4. The molecule has 0 radical (unpaired) electrons. The molecule has 4 heteroatoms. The second-order valence-corrected chi connectivity index (χ2v) is 9.35. The molecule has 3 nitrogen and oxygen atoms in total. The summed E-state index contributed by atoms with van der Waals surface area (Å²) in [7, 11) is 3.53. The van der Waals surface area contributed by atoms with Crippen molar-refractivity contribution in [1.29, 1.82) is 0 Å². The predicted molar refractivity (Wildman–Crippen MR) is 118 cm³/mol. The van der Waals surface area contributed by atoms with E-state index in [4.69, 9.17) is 9.47 Å². The van der Waals surface area contributed by atoms with Gasteiger partial charge in [0.15, 0.2) is 0 Å². The monoisotopic (exact) mass is 405 g/mol. The van der Waals surface area contributed by atoms with Crippen LogP contribution in [0.5, 0.6) is 11.5 Å². The highest BCUT2D eigenvalue weighted by Crippen LogP contribution is 2.45. The Kier molecular flexibility index (Phi) is 4.84. The number of hydrogen-bond acceptors (Lipinski definition) is 4. The average Bonchev–Trinajstić information content (AvgIpc) is 3.14. The summed E-state index contributed by atoms with van der Waals surface area (Å²) >= 11 is 2.01. The molecule has 0 fully saturated rings. The third kappa shape index (κ3) is 3.34. The minimum atomic E-state index is 0.440. The summed E-state index contributed by atoms with van der Waals surface area (Å²) in [6.07, 6.45) is 3.16. The molecule has 0 bridgehead atoms. The van der Waals surface area contributed by atoms with Gasteiger partial charge in [0, 0.05) is 46.4 Å². The molecule has 0 N–H and O–H groups in total. The Bertz CT molecular complexity index is 1050. The van der Waals surface area contributed by atoms with Crippen molar-refractivity contribution < 1.29 is 9.47 Å². The number of hydrogen-bond donors (Lipinski definition) is 0. The van der Waals surface area contributed by atoms with Crippen LogP contribution in [0.25, 0.3) is 0 Å². The highest BCUT2D eigenvalue weighted by molar-refractivity contribution is 7.12. The molecule has 1 aromatic heterocycles. The Labute approximate surface area is 176 Å². The molecule has 3 aromatic rings. The van der Waals surface area contributed by atoms with E-state index in [1.807, 2.05) is 23.5 Å². The molecule has 0 saturated carbocycles. The molecule has 0 amide bonds. The average molecular weight is 406 g/mol. The standard InChI is InChI=1S/C25H27NO2S/c1-16-5-4-6-17(11-16)12-18-13-20-22-14-19-21(15-26(22)10-9-25(20)29-18)24(28-3)8-7-23(19)27-2/h4-8,11,13,22H,9-10,12,14-15H2,1-3H3. The van der Waals surface area contributed by atoms with Gasteiger partial charge in [-0.25, -0.2) is 0 Å². The van der Waals surface area contributed by atoms with Gasteiger partial charge in [-0.05, 0) is 49.1 Å². The largest absolute Gasteiger partial charge is 0.496 e. The van der Waals surface area contributed by atoms with Crippen molar-refractivity contribution in [2.24, 2.45) is 0 Å². The van der Waals surface area contributed by atoms with Gasteiger partial charge in [-0.15, -0.1) is 11.3 Å². The highest BCUT2D eigenvalue weighted by atomic mass is 32.1. The molecular weight excluding hydrogens is 378 g/mol. The Balaban J connectivity index is 1.48. The first-order chi connectivity index (χ1) is 14.2. The number of fused-ring (bicyclic) bond motifs is 4. The number of ether oxygens (including phenoxy) is 2. The van der Waals surface area contributed by atoms with Gasteiger partial charge in [-0.2, -0.15) is 0 Å². The van der Waals surface area contributed by atoms with Crippen molar-refractivity contribution in [3.05, 3.63) is 80.0 Å². The lowest BCUT2D eigenvalue weighted by Gasteiger charge is -2.41. The Morgan fingerprint density at radius 2 is 1.83 bits per heavy atom. The van der Waals surface area contributed by atoms with Crippen LogP contribution in [0.15, 0.2) is 42.5 Å². The number of nitrogens with zero attached hydrogens (tertiary/aromatic N) is 1. The smallest absolute Gasteiger partial charge is 0.123 e. The Morgan fingerprint density at radius 1 is 1.03 bits per heavy atom. The summed E-state index contributed by atoms with van der Waals surface area (Å²) in [6.45, 7) is 4.21. The maximum atomic E-state index is 5.70. The van der Waals surface area contributed by atoms with Crippen LogP contribution in [0.3, 0.4) is 0 Å². The van der Waals surface area contributed by atoms with E-state index in [0.29, 0.717) is 6.04 Å². The lowest BCUT2D eigenvalue weighted by Crippen LogP contribution is -2.39. The first-order valence-corrected chi connectivity index (χ1v) is 11.1. The zero-order valence-corrected chi connectivity index (χ0v) is 18.1. The lowest BCUT2D eigenvalue weighted by molar-refractivity contribution is 0.158. The maximum absolute atomic E-state index is 5.70. The molecule has 29 heavy (non-hydrogen) atoms. The fourth-order valence-electron chi connectivity index (χ4n) is 4.94. The minimum absolute atomic E-state index is 0.440. The van der Waals surface area contributed by atoms with Gasteiger partial charge in [0.2, 0.25) is 0 Å². The van der Waals surface area contributed by atoms with E-state index in [1.54, 1.807) is 19.1 Å². The summed E-state index contributed by atoms with van der Waals surface area (Å²) in [6, 6.07) is 15.9. The van der Waals surface area contributed by atoms with E-state index in [-0.39, 0.29) is 0 Å². The van der Waals surface area contributed by atoms with Crippen molar-refractivity contribution in [3.8, 4) is 11.5 Å². The van der Waals surface area contributed by atoms with Gasteiger partial charge in [-0.3, -0.25) is 4.90 Å². The number of thiophene rings is 1. The SMILES string of the molecule is COc1ccc(OC)c2c1CC1c3cc(Cc4cccc(C)c4)sc3CCN1C2. The van der Waals surface area contributed by atoms with Gasteiger partial charge in [0.05, 0.1) is 14.2 Å². The van der Waals surface area contributed by atoms with Crippen LogP contribution in [-0.2, 0) is 25.8 Å². The Morgan fingerprint density at radius 3 is 2.59 bits per heavy atom. The van der Waals surface area contributed by atoms with Crippen LogP contribution < -0.4 is 9.47 Å². The van der Waals surface area contributed by atoms with Crippen LogP contribution in [0.4, 0.5) is 0 Å². The van der Waals surface area contributed by atoms with Gasteiger partial charge >= 0.3 is 0 Å². The zero-order valence-electron chi connectivity index (χ0n) is 17.3. The van der Waals surface area contributed by atoms with Crippen LogP contribution in [0.2, 0.25) is 0 Å². The highest BCUT2D eigenvalue weighted by Gasteiger charge is 2.35. The molecule has 1 atom stereocenters. The van der Waals surface area contributed by atoms with E-state index in [1.165, 1.54) is 32.7 Å². The number of aryl methyl sites for hydroxylation is 1. The third-order valence-corrected chi connectivity index (χ3v) is 7.53. The fourth-order valence-corrected chi connectivity index (χ4v) is 6.19. The molecule has 2 aliphatic rings. The van der Waals surface area contributed by atoms with Crippen molar-refractivity contribution in [2.75, 3.05) is 20.8 Å². The van der Waals surface area contributed by atoms with E-state index < -0.39 is 0 Å². The molecule has 150 valence electrons. The van der Waals surface area contributed by atoms with E-state index >= 15 is 0 Å². The van der Waals surface area contributed by atoms with Gasteiger partial charge < -0.3 is 9.47 Å². The molecule has 0 spiro atoms. The summed E-state index contributed by atoms with van der Waals surface area (Å²) in [5, 5.41) is 0. The van der Waals surface area contributed by atoms with Gasteiger partial charge in [0.1, 0.15) is 11.5 Å². The summed E-state index contributed by atoms with van der Waals surface area (Å²) < 4.78 is 11.4. The van der Waals surface area contributed by atoms with Crippen LogP contribution in [0, 0.1) is 6.92 Å². The molecular formula is C25H27NO2S. The first-order valence-electron chi connectivity index (χ1n) is 10.3. The van der Waals surface area contributed by atoms with Crippen LogP contribution >= 0.6 is 11.3 Å². The molecule has 1 unspecified atom stereocenters.